The van der Waals surface area contributed by atoms with Crippen LogP contribution in [0.3, 0.4) is 0 Å². The first-order valence-corrected chi connectivity index (χ1v) is 13.4. The van der Waals surface area contributed by atoms with Gasteiger partial charge in [0.2, 0.25) is 0 Å². The second-order valence-corrected chi connectivity index (χ2v) is 14.5. The molecule has 0 amide bonds. The average Bonchev–Trinajstić information content (AvgIpc) is 2.70. The summed E-state index contributed by atoms with van der Waals surface area (Å²) in [6, 6.07) is 8.22. The molecule has 4 heteroatoms. The van der Waals surface area contributed by atoms with Crippen molar-refractivity contribution in [2.24, 2.45) is 9.98 Å². The van der Waals surface area contributed by atoms with Crippen molar-refractivity contribution >= 4 is 12.4 Å². The van der Waals surface area contributed by atoms with Crippen molar-refractivity contribution in [3.63, 3.8) is 0 Å². The molecule has 1 atom stereocenters. The van der Waals surface area contributed by atoms with Crippen LogP contribution < -0.4 is 0 Å². The van der Waals surface area contributed by atoms with E-state index in [1.807, 2.05) is 19.1 Å². The fourth-order valence-electron chi connectivity index (χ4n) is 4.08. The van der Waals surface area contributed by atoms with Crippen molar-refractivity contribution in [1.29, 1.82) is 0 Å². The Balaban J connectivity index is 2.35. The molecule has 0 spiro atoms. The first kappa shape index (κ1) is 30.6. The summed E-state index contributed by atoms with van der Waals surface area (Å²) in [4.78, 5) is 9.34. The quantitative estimate of drug-likeness (QED) is 0.401. The van der Waals surface area contributed by atoms with E-state index in [9.17, 15) is 10.2 Å². The van der Waals surface area contributed by atoms with Crippen LogP contribution in [-0.2, 0) is 21.7 Å². The predicted octanol–water partition coefficient (Wildman–Crippen LogP) is 8.21. The summed E-state index contributed by atoms with van der Waals surface area (Å²) in [6.45, 7) is 28.2. The van der Waals surface area contributed by atoms with Crippen LogP contribution in [0.1, 0.15) is 123 Å². The third kappa shape index (κ3) is 7.93. The molecular weight excluding hydrogens is 456 g/mol. The first-order chi connectivity index (χ1) is 16.6. The number of hydrogen-bond donors (Lipinski definition) is 2. The Morgan fingerprint density at radius 2 is 1.00 bits per heavy atom. The Morgan fingerprint density at radius 1 is 0.622 bits per heavy atom. The van der Waals surface area contributed by atoms with E-state index in [-0.39, 0.29) is 27.7 Å². The van der Waals surface area contributed by atoms with Gasteiger partial charge in [0, 0.05) is 34.7 Å². The smallest absolute Gasteiger partial charge is 0.128 e. The topological polar surface area (TPSA) is 65.2 Å². The fourth-order valence-corrected chi connectivity index (χ4v) is 4.08. The van der Waals surface area contributed by atoms with E-state index in [1.54, 1.807) is 12.4 Å². The van der Waals surface area contributed by atoms with Gasteiger partial charge in [-0.3, -0.25) is 9.98 Å². The molecule has 0 aliphatic carbocycles. The van der Waals surface area contributed by atoms with Crippen LogP contribution in [0.2, 0.25) is 0 Å². The summed E-state index contributed by atoms with van der Waals surface area (Å²) >= 11 is 0. The summed E-state index contributed by atoms with van der Waals surface area (Å²) in [6.07, 6.45) is 3.54. The normalized spacial score (nSPS) is 14.6. The number of hydrogen-bond acceptors (Lipinski definition) is 4. The summed E-state index contributed by atoms with van der Waals surface area (Å²) < 4.78 is 0. The molecule has 37 heavy (non-hydrogen) atoms. The Bertz CT molecular complexity index is 1160. The molecule has 0 heterocycles. The maximum atomic E-state index is 11.0. The molecular formula is C33H50N2O2. The number of aliphatic imine (C=N–C) groups is 2. The minimum Gasteiger partial charge on any atom is -0.507 e. The summed E-state index contributed by atoms with van der Waals surface area (Å²) in [5, 5.41) is 22.0. The molecule has 0 fully saturated rings. The van der Waals surface area contributed by atoms with E-state index in [2.05, 4.69) is 100 Å². The Morgan fingerprint density at radius 3 is 1.35 bits per heavy atom. The monoisotopic (exact) mass is 506 g/mol. The molecule has 0 aromatic heterocycles. The van der Waals surface area contributed by atoms with Crippen molar-refractivity contribution in [2.75, 3.05) is 6.54 Å². The number of benzene rings is 2. The van der Waals surface area contributed by atoms with E-state index < -0.39 is 0 Å². The van der Waals surface area contributed by atoms with Gasteiger partial charge in [0.25, 0.3) is 0 Å². The number of phenols is 2. The number of phenolic OH excluding ortho intramolecular Hbond substituents is 2. The van der Waals surface area contributed by atoms with Crippen molar-refractivity contribution in [3.05, 3.63) is 57.6 Å². The van der Waals surface area contributed by atoms with Gasteiger partial charge in [-0.25, -0.2) is 0 Å². The van der Waals surface area contributed by atoms with E-state index in [0.717, 1.165) is 22.3 Å². The lowest BCUT2D eigenvalue weighted by Gasteiger charge is -2.27. The molecule has 0 aliphatic rings. The highest BCUT2D eigenvalue weighted by Gasteiger charge is 2.26. The van der Waals surface area contributed by atoms with E-state index in [4.69, 9.17) is 4.99 Å². The highest BCUT2D eigenvalue weighted by atomic mass is 16.3. The van der Waals surface area contributed by atoms with Crippen LogP contribution in [0.5, 0.6) is 11.5 Å². The lowest BCUT2D eigenvalue weighted by molar-refractivity contribution is 0.443. The molecule has 0 radical (unpaired) electrons. The van der Waals surface area contributed by atoms with E-state index in [0.29, 0.717) is 18.0 Å². The maximum absolute atomic E-state index is 11.0. The molecule has 2 rings (SSSR count). The van der Waals surface area contributed by atoms with Crippen LogP contribution >= 0.6 is 0 Å². The van der Waals surface area contributed by atoms with E-state index in [1.165, 1.54) is 11.1 Å². The molecule has 0 saturated carbocycles. The lowest BCUT2D eigenvalue weighted by Crippen LogP contribution is -2.17. The van der Waals surface area contributed by atoms with Crippen LogP contribution in [0, 0.1) is 0 Å². The van der Waals surface area contributed by atoms with Gasteiger partial charge in [0.05, 0.1) is 12.6 Å². The Kier molecular flexibility index (Phi) is 8.79. The zero-order valence-corrected chi connectivity index (χ0v) is 25.5. The van der Waals surface area contributed by atoms with Crippen LogP contribution in [0.4, 0.5) is 0 Å². The highest BCUT2D eigenvalue weighted by Crippen LogP contribution is 2.38. The minimum absolute atomic E-state index is 0.0383. The first-order valence-electron chi connectivity index (χ1n) is 13.4. The van der Waals surface area contributed by atoms with Crippen molar-refractivity contribution < 1.29 is 10.2 Å². The van der Waals surface area contributed by atoms with E-state index >= 15 is 0 Å². The predicted molar refractivity (Wildman–Crippen MR) is 161 cm³/mol. The Labute approximate surface area is 226 Å². The van der Waals surface area contributed by atoms with Gasteiger partial charge in [-0.2, -0.15) is 0 Å². The molecule has 0 aliphatic heterocycles. The summed E-state index contributed by atoms with van der Waals surface area (Å²) in [5.41, 5.74) is 5.23. The molecule has 2 aromatic rings. The molecule has 0 saturated heterocycles. The van der Waals surface area contributed by atoms with Gasteiger partial charge in [0.1, 0.15) is 11.5 Å². The van der Waals surface area contributed by atoms with Crippen molar-refractivity contribution in [1.82, 2.24) is 0 Å². The standard InChI is InChI=1S/C33H50N2O2/c1-21(35-20-23-15-25(31(5,6)7)17-27(29(23)37)33(11,12)13)18-34-19-22-14-24(30(2,3)4)16-26(28(22)36)32(8,9)10/h14-17,19-21,36-37H,18H2,1-13H3. The summed E-state index contributed by atoms with van der Waals surface area (Å²) in [5.74, 6) is 0.581. The lowest BCUT2D eigenvalue weighted by atomic mass is 9.79. The zero-order chi connectivity index (χ0) is 28.6. The largest absolute Gasteiger partial charge is 0.507 e. The second kappa shape index (κ2) is 10.6. The number of aromatic hydroxyl groups is 2. The van der Waals surface area contributed by atoms with Crippen molar-refractivity contribution in [2.45, 2.75) is 118 Å². The van der Waals surface area contributed by atoms with Gasteiger partial charge in [-0.1, -0.05) is 95.2 Å². The van der Waals surface area contributed by atoms with Crippen LogP contribution in [0.15, 0.2) is 34.3 Å². The Hall–Kier alpha value is -2.62. The third-order valence-corrected chi connectivity index (χ3v) is 6.69. The molecule has 2 N–H and O–H groups in total. The van der Waals surface area contributed by atoms with Gasteiger partial charge in [-0.15, -0.1) is 0 Å². The second-order valence-electron chi connectivity index (χ2n) is 14.5. The van der Waals surface area contributed by atoms with Gasteiger partial charge >= 0.3 is 0 Å². The molecule has 204 valence electrons. The van der Waals surface area contributed by atoms with Crippen LogP contribution in [-0.4, -0.2) is 35.2 Å². The van der Waals surface area contributed by atoms with Crippen molar-refractivity contribution in [3.8, 4) is 11.5 Å². The van der Waals surface area contributed by atoms with Gasteiger partial charge < -0.3 is 10.2 Å². The number of nitrogens with zero attached hydrogens (tertiary/aromatic N) is 2. The third-order valence-electron chi connectivity index (χ3n) is 6.69. The average molecular weight is 507 g/mol. The van der Waals surface area contributed by atoms with Crippen LogP contribution in [0.25, 0.3) is 0 Å². The SMILES string of the molecule is CC(CN=Cc1cc(C(C)(C)C)cc(C(C)(C)C)c1O)N=Cc1cc(C(C)(C)C)cc(C(C)(C)C)c1O. The van der Waals surface area contributed by atoms with Gasteiger partial charge in [-0.05, 0) is 51.8 Å². The molecule has 2 aromatic carbocycles. The van der Waals surface area contributed by atoms with Gasteiger partial charge in [0.15, 0.2) is 0 Å². The fraction of sp³-hybridized carbons (Fsp3) is 0.576. The molecule has 1 unspecified atom stereocenters. The highest BCUT2D eigenvalue weighted by molar-refractivity contribution is 5.86. The summed E-state index contributed by atoms with van der Waals surface area (Å²) in [7, 11) is 0. The molecule has 0 bridgehead atoms. The minimum atomic E-state index is -0.181. The molecule has 4 nitrogen and oxygen atoms in total. The number of rotatable bonds is 5. The maximum Gasteiger partial charge on any atom is 0.128 e. The zero-order valence-electron chi connectivity index (χ0n) is 25.5.